The summed E-state index contributed by atoms with van der Waals surface area (Å²) in [5, 5.41) is 3.11. The van der Waals surface area contributed by atoms with Crippen LogP contribution >= 0.6 is 0 Å². The molecule has 2 aromatic rings. The zero-order valence-electron chi connectivity index (χ0n) is 17.1. The SMILES string of the molecule is CCC(=O)N[C@H]1c2cncc(-c3cc4c(cc3F)N(C)C(=O)CC4)c2CC[C@H]1C. The minimum absolute atomic E-state index is 0.00639. The Kier molecular flexibility index (Phi) is 5.11. The Labute approximate surface area is 170 Å². The van der Waals surface area contributed by atoms with Crippen molar-refractivity contribution >= 4 is 17.5 Å². The van der Waals surface area contributed by atoms with E-state index in [2.05, 4.69) is 17.2 Å². The van der Waals surface area contributed by atoms with Gasteiger partial charge in [0.15, 0.2) is 0 Å². The van der Waals surface area contributed by atoms with Crippen molar-refractivity contribution in [2.45, 2.75) is 52.0 Å². The van der Waals surface area contributed by atoms with Crippen LogP contribution in [0.2, 0.25) is 0 Å². The van der Waals surface area contributed by atoms with Crippen LogP contribution in [0.3, 0.4) is 0 Å². The molecule has 6 heteroatoms. The van der Waals surface area contributed by atoms with Gasteiger partial charge in [0.25, 0.3) is 0 Å². The summed E-state index contributed by atoms with van der Waals surface area (Å²) in [7, 11) is 1.69. The zero-order valence-corrected chi connectivity index (χ0v) is 17.1. The molecule has 1 aliphatic carbocycles. The maximum absolute atomic E-state index is 15.1. The van der Waals surface area contributed by atoms with E-state index in [1.807, 2.05) is 13.0 Å². The Balaban J connectivity index is 1.80. The van der Waals surface area contributed by atoms with Crippen LogP contribution in [0.5, 0.6) is 0 Å². The third-order valence-corrected chi connectivity index (χ3v) is 6.28. The first-order valence-electron chi connectivity index (χ1n) is 10.3. The second-order valence-electron chi connectivity index (χ2n) is 8.08. The number of benzene rings is 1. The van der Waals surface area contributed by atoms with Gasteiger partial charge in [-0.3, -0.25) is 14.6 Å². The molecule has 0 radical (unpaired) electrons. The minimum atomic E-state index is -0.353. The molecule has 2 amide bonds. The predicted octanol–water partition coefficient (Wildman–Crippen LogP) is 3.95. The van der Waals surface area contributed by atoms with Crippen molar-refractivity contribution in [1.82, 2.24) is 10.3 Å². The zero-order chi connectivity index (χ0) is 20.7. The van der Waals surface area contributed by atoms with Gasteiger partial charge in [-0.2, -0.15) is 0 Å². The first-order chi connectivity index (χ1) is 13.9. The Hall–Kier alpha value is -2.76. The molecule has 0 fully saturated rings. The topological polar surface area (TPSA) is 62.3 Å². The lowest BCUT2D eigenvalue weighted by atomic mass is 9.78. The molecule has 5 nitrogen and oxygen atoms in total. The molecular weight excluding hydrogens is 369 g/mol. The maximum Gasteiger partial charge on any atom is 0.227 e. The summed E-state index contributed by atoms with van der Waals surface area (Å²) in [6.45, 7) is 3.96. The van der Waals surface area contributed by atoms with Crippen molar-refractivity contribution in [1.29, 1.82) is 0 Å². The molecule has 0 unspecified atom stereocenters. The molecule has 0 saturated carbocycles. The van der Waals surface area contributed by atoms with E-state index in [9.17, 15) is 9.59 Å². The molecular formula is C23H26FN3O2. The highest BCUT2D eigenvalue weighted by molar-refractivity contribution is 5.96. The van der Waals surface area contributed by atoms with E-state index >= 15 is 4.39 Å². The van der Waals surface area contributed by atoms with E-state index in [1.54, 1.807) is 19.4 Å². The fourth-order valence-electron chi connectivity index (χ4n) is 4.49. The fourth-order valence-corrected chi connectivity index (χ4v) is 4.49. The van der Waals surface area contributed by atoms with Gasteiger partial charge < -0.3 is 10.2 Å². The minimum Gasteiger partial charge on any atom is -0.349 e. The predicted molar refractivity (Wildman–Crippen MR) is 110 cm³/mol. The number of aryl methyl sites for hydroxylation is 1. The van der Waals surface area contributed by atoms with E-state index in [0.717, 1.165) is 35.1 Å². The van der Waals surface area contributed by atoms with Gasteiger partial charge in [-0.15, -0.1) is 0 Å². The van der Waals surface area contributed by atoms with Gasteiger partial charge in [0, 0.05) is 49.1 Å². The van der Waals surface area contributed by atoms with Crippen LogP contribution in [0, 0.1) is 11.7 Å². The lowest BCUT2D eigenvalue weighted by molar-refractivity contribution is -0.122. The second kappa shape index (κ2) is 7.58. The quantitative estimate of drug-likeness (QED) is 0.856. The molecule has 2 aliphatic rings. The van der Waals surface area contributed by atoms with Crippen LogP contribution in [-0.2, 0) is 22.4 Å². The van der Waals surface area contributed by atoms with E-state index in [1.165, 1.54) is 11.0 Å². The van der Waals surface area contributed by atoms with Crippen LogP contribution in [0.25, 0.3) is 11.1 Å². The molecule has 0 spiro atoms. The number of amides is 2. The summed E-state index contributed by atoms with van der Waals surface area (Å²) >= 11 is 0. The van der Waals surface area contributed by atoms with Crippen LogP contribution in [0.1, 0.15) is 55.8 Å². The van der Waals surface area contributed by atoms with Crippen molar-refractivity contribution in [3.8, 4) is 11.1 Å². The first kappa shape index (κ1) is 19.6. The lowest BCUT2D eigenvalue weighted by Gasteiger charge is -2.33. The lowest BCUT2D eigenvalue weighted by Crippen LogP contribution is -2.35. The smallest absolute Gasteiger partial charge is 0.227 e. The third kappa shape index (κ3) is 3.41. The van der Waals surface area contributed by atoms with Gasteiger partial charge in [-0.1, -0.05) is 13.8 Å². The summed E-state index contributed by atoms with van der Waals surface area (Å²) in [4.78, 5) is 29.9. The molecule has 2 atom stereocenters. The Bertz CT molecular complexity index is 988. The van der Waals surface area contributed by atoms with Gasteiger partial charge in [0.1, 0.15) is 5.82 Å². The van der Waals surface area contributed by atoms with Crippen molar-refractivity contribution < 1.29 is 14.0 Å². The van der Waals surface area contributed by atoms with E-state index in [4.69, 9.17) is 0 Å². The number of carbonyl (C=O) groups is 2. The Morgan fingerprint density at radius 1 is 1.24 bits per heavy atom. The largest absolute Gasteiger partial charge is 0.349 e. The molecule has 0 bridgehead atoms. The molecule has 0 saturated heterocycles. The summed E-state index contributed by atoms with van der Waals surface area (Å²) in [6, 6.07) is 3.22. The molecule has 1 aromatic carbocycles. The van der Waals surface area contributed by atoms with Crippen molar-refractivity contribution in [3.05, 3.63) is 47.0 Å². The highest BCUT2D eigenvalue weighted by Crippen LogP contribution is 2.41. The van der Waals surface area contributed by atoms with Gasteiger partial charge in [0.05, 0.1) is 6.04 Å². The monoisotopic (exact) mass is 395 g/mol. The average molecular weight is 395 g/mol. The van der Waals surface area contributed by atoms with Crippen LogP contribution < -0.4 is 10.2 Å². The van der Waals surface area contributed by atoms with Crippen molar-refractivity contribution in [2.24, 2.45) is 5.92 Å². The molecule has 2 heterocycles. The fraction of sp³-hybridized carbons (Fsp3) is 0.435. The number of hydrogen-bond acceptors (Lipinski definition) is 3. The second-order valence-corrected chi connectivity index (χ2v) is 8.08. The highest BCUT2D eigenvalue weighted by atomic mass is 19.1. The normalized spacial score (nSPS) is 20.8. The number of pyridine rings is 1. The first-order valence-corrected chi connectivity index (χ1v) is 10.3. The third-order valence-electron chi connectivity index (χ3n) is 6.28. The van der Waals surface area contributed by atoms with Gasteiger partial charge in [0.2, 0.25) is 11.8 Å². The van der Waals surface area contributed by atoms with Gasteiger partial charge >= 0.3 is 0 Å². The van der Waals surface area contributed by atoms with Crippen LogP contribution in [0.4, 0.5) is 10.1 Å². The summed E-state index contributed by atoms with van der Waals surface area (Å²) in [5.74, 6) is -0.0453. The van der Waals surface area contributed by atoms with Crippen molar-refractivity contribution in [3.63, 3.8) is 0 Å². The number of anilines is 1. The summed E-state index contributed by atoms with van der Waals surface area (Å²) < 4.78 is 15.1. The van der Waals surface area contributed by atoms with Crippen LogP contribution in [-0.4, -0.2) is 23.8 Å². The van der Waals surface area contributed by atoms with Crippen LogP contribution in [0.15, 0.2) is 24.5 Å². The number of carbonyl (C=O) groups excluding carboxylic acids is 2. The maximum atomic E-state index is 15.1. The Morgan fingerprint density at radius 3 is 2.79 bits per heavy atom. The Morgan fingerprint density at radius 2 is 2.03 bits per heavy atom. The van der Waals surface area contributed by atoms with E-state index < -0.39 is 0 Å². The molecule has 1 aliphatic heterocycles. The average Bonchev–Trinajstić information content (AvgIpc) is 2.72. The molecule has 1 N–H and O–H groups in total. The number of fused-ring (bicyclic) bond motifs is 2. The molecule has 152 valence electrons. The number of nitrogens with zero attached hydrogens (tertiary/aromatic N) is 2. The number of hydrogen-bond donors (Lipinski definition) is 1. The number of aromatic nitrogens is 1. The molecule has 1 aromatic heterocycles. The summed E-state index contributed by atoms with van der Waals surface area (Å²) in [5.41, 5.74) is 4.95. The molecule has 29 heavy (non-hydrogen) atoms. The number of rotatable bonds is 3. The summed E-state index contributed by atoms with van der Waals surface area (Å²) in [6.07, 6.45) is 6.73. The van der Waals surface area contributed by atoms with E-state index in [0.29, 0.717) is 36.4 Å². The standard InChI is InChI=1S/C23H26FN3O2/c1-4-21(28)26-23-13(2)5-7-15-17(11-25-12-18(15)23)16-9-14-6-8-22(29)27(3)20(14)10-19(16)24/h9-13,23H,4-8H2,1-3H3,(H,26,28)/t13-,23-/m1/s1. The van der Waals surface area contributed by atoms with E-state index in [-0.39, 0.29) is 23.7 Å². The van der Waals surface area contributed by atoms with Gasteiger partial charge in [-0.25, -0.2) is 4.39 Å². The number of nitrogens with one attached hydrogen (secondary N) is 1. The highest BCUT2D eigenvalue weighted by Gasteiger charge is 2.31. The van der Waals surface area contributed by atoms with Gasteiger partial charge in [-0.05, 0) is 54.0 Å². The van der Waals surface area contributed by atoms with Crippen molar-refractivity contribution in [2.75, 3.05) is 11.9 Å². The molecule has 4 rings (SSSR count). The number of halogens is 1.